The number of benzene rings is 1. The normalized spacial score (nSPS) is 12.5. The van der Waals surface area contributed by atoms with Crippen molar-refractivity contribution in [2.45, 2.75) is 6.42 Å². The summed E-state index contributed by atoms with van der Waals surface area (Å²) in [5.74, 6) is 1.09. The van der Waals surface area contributed by atoms with E-state index in [4.69, 9.17) is 14.2 Å². The number of nitrogens with one attached hydrogen (secondary N) is 2. The number of hydrogen-bond acceptors (Lipinski definition) is 6. The Morgan fingerprint density at radius 3 is 2.84 bits per heavy atom. The first-order valence-electron chi connectivity index (χ1n) is 8.15. The zero-order valence-corrected chi connectivity index (χ0v) is 14.1. The molecule has 0 unspecified atom stereocenters. The zero-order chi connectivity index (χ0) is 17.5. The maximum Gasteiger partial charge on any atom is 0.257 e. The second-order valence-corrected chi connectivity index (χ2v) is 5.55. The fourth-order valence-electron chi connectivity index (χ4n) is 2.43. The molecule has 1 aliphatic rings. The standard InChI is InChI=1S/C18H21N3O4/c1-23-6-2-5-20-15-9-13(11-19-12-15)18(22)21-14-3-4-16-17(10-14)25-8-7-24-16/h3-4,9-12,20H,2,5-8H2,1H3,(H,21,22). The van der Waals surface area contributed by atoms with Crippen LogP contribution in [0.4, 0.5) is 11.4 Å². The summed E-state index contributed by atoms with van der Waals surface area (Å²) < 4.78 is 16.0. The van der Waals surface area contributed by atoms with Gasteiger partial charge >= 0.3 is 0 Å². The lowest BCUT2D eigenvalue weighted by molar-refractivity contribution is 0.102. The van der Waals surface area contributed by atoms with E-state index in [9.17, 15) is 4.79 Å². The smallest absolute Gasteiger partial charge is 0.257 e. The minimum absolute atomic E-state index is 0.232. The van der Waals surface area contributed by atoms with E-state index in [1.165, 1.54) is 6.20 Å². The number of carbonyl (C=O) groups is 1. The van der Waals surface area contributed by atoms with Gasteiger partial charge in [0.1, 0.15) is 13.2 Å². The van der Waals surface area contributed by atoms with Crippen molar-refractivity contribution in [2.24, 2.45) is 0 Å². The zero-order valence-electron chi connectivity index (χ0n) is 14.1. The lowest BCUT2D eigenvalue weighted by atomic mass is 10.2. The molecule has 0 bridgehead atoms. The number of pyridine rings is 1. The largest absolute Gasteiger partial charge is 0.486 e. The third-order valence-electron chi connectivity index (χ3n) is 3.65. The van der Waals surface area contributed by atoms with Crippen molar-refractivity contribution in [1.29, 1.82) is 0 Å². The van der Waals surface area contributed by atoms with E-state index in [0.29, 0.717) is 42.6 Å². The number of nitrogens with zero attached hydrogens (tertiary/aromatic N) is 1. The lowest BCUT2D eigenvalue weighted by Crippen LogP contribution is -2.16. The van der Waals surface area contributed by atoms with Gasteiger partial charge in [0.2, 0.25) is 0 Å². The maximum absolute atomic E-state index is 12.4. The Hall–Kier alpha value is -2.80. The summed E-state index contributed by atoms with van der Waals surface area (Å²) in [6.45, 7) is 2.48. The molecule has 2 N–H and O–H groups in total. The van der Waals surface area contributed by atoms with Crippen LogP contribution in [0.2, 0.25) is 0 Å². The molecule has 7 nitrogen and oxygen atoms in total. The van der Waals surface area contributed by atoms with Crippen molar-refractivity contribution in [3.05, 3.63) is 42.2 Å². The second-order valence-electron chi connectivity index (χ2n) is 5.55. The number of aromatic nitrogens is 1. The number of amides is 1. The Morgan fingerprint density at radius 2 is 2.00 bits per heavy atom. The third-order valence-corrected chi connectivity index (χ3v) is 3.65. The Bertz CT molecular complexity index is 736. The van der Waals surface area contributed by atoms with Gasteiger partial charge in [-0.2, -0.15) is 0 Å². The molecule has 0 atom stereocenters. The predicted octanol–water partition coefficient (Wildman–Crippen LogP) is 2.55. The minimum Gasteiger partial charge on any atom is -0.486 e. The molecule has 3 rings (SSSR count). The molecule has 132 valence electrons. The van der Waals surface area contributed by atoms with Gasteiger partial charge in [0, 0.05) is 44.4 Å². The van der Waals surface area contributed by atoms with Gasteiger partial charge in [-0.15, -0.1) is 0 Å². The molecule has 1 aliphatic heterocycles. The van der Waals surface area contributed by atoms with Crippen LogP contribution in [0.25, 0.3) is 0 Å². The SMILES string of the molecule is COCCCNc1cncc(C(=O)Nc2ccc3c(c2)OCCO3)c1. The molecule has 0 saturated carbocycles. The highest BCUT2D eigenvalue weighted by Crippen LogP contribution is 2.32. The van der Waals surface area contributed by atoms with Crippen LogP contribution in [0.15, 0.2) is 36.7 Å². The second kappa shape index (κ2) is 8.34. The number of hydrogen-bond donors (Lipinski definition) is 2. The first-order chi connectivity index (χ1) is 12.3. The molecule has 0 spiro atoms. The molecule has 0 fully saturated rings. The topological polar surface area (TPSA) is 81.7 Å². The lowest BCUT2D eigenvalue weighted by Gasteiger charge is -2.19. The van der Waals surface area contributed by atoms with Crippen LogP contribution in [0.3, 0.4) is 0 Å². The minimum atomic E-state index is -0.232. The van der Waals surface area contributed by atoms with Gasteiger partial charge in [0.25, 0.3) is 5.91 Å². The van der Waals surface area contributed by atoms with E-state index >= 15 is 0 Å². The summed E-state index contributed by atoms with van der Waals surface area (Å²) >= 11 is 0. The molecule has 0 aliphatic carbocycles. The number of anilines is 2. The molecular formula is C18H21N3O4. The molecule has 1 amide bonds. The van der Waals surface area contributed by atoms with Crippen LogP contribution >= 0.6 is 0 Å². The Balaban J connectivity index is 1.63. The van der Waals surface area contributed by atoms with E-state index in [0.717, 1.165) is 18.7 Å². The van der Waals surface area contributed by atoms with Crippen molar-refractivity contribution in [2.75, 3.05) is 44.1 Å². The van der Waals surface area contributed by atoms with Crippen LogP contribution in [0.5, 0.6) is 11.5 Å². The van der Waals surface area contributed by atoms with E-state index < -0.39 is 0 Å². The first kappa shape index (κ1) is 17.0. The van der Waals surface area contributed by atoms with Crippen molar-refractivity contribution in [1.82, 2.24) is 4.98 Å². The number of methoxy groups -OCH3 is 1. The maximum atomic E-state index is 12.4. The molecule has 25 heavy (non-hydrogen) atoms. The summed E-state index contributed by atoms with van der Waals surface area (Å²) in [6, 6.07) is 7.10. The Kier molecular flexibility index (Phi) is 5.69. The molecule has 2 aromatic rings. The molecule has 7 heteroatoms. The third kappa shape index (κ3) is 4.60. The summed E-state index contributed by atoms with van der Waals surface area (Å²) in [5, 5.41) is 6.07. The summed E-state index contributed by atoms with van der Waals surface area (Å²) in [6.07, 6.45) is 4.10. The average molecular weight is 343 g/mol. The summed E-state index contributed by atoms with van der Waals surface area (Å²) in [7, 11) is 1.67. The highest BCUT2D eigenvalue weighted by molar-refractivity contribution is 6.04. The van der Waals surface area contributed by atoms with Crippen molar-refractivity contribution < 1.29 is 19.0 Å². The van der Waals surface area contributed by atoms with Crippen molar-refractivity contribution in [3.8, 4) is 11.5 Å². The van der Waals surface area contributed by atoms with Gasteiger partial charge in [-0.05, 0) is 24.6 Å². The van der Waals surface area contributed by atoms with Crippen molar-refractivity contribution in [3.63, 3.8) is 0 Å². The van der Waals surface area contributed by atoms with Crippen LogP contribution in [0.1, 0.15) is 16.8 Å². The predicted molar refractivity (Wildman–Crippen MR) is 94.6 cm³/mol. The number of ether oxygens (including phenoxy) is 3. The van der Waals surface area contributed by atoms with Crippen LogP contribution in [-0.2, 0) is 4.74 Å². The molecule has 2 heterocycles. The van der Waals surface area contributed by atoms with E-state index in [1.807, 2.05) is 0 Å². The van der Waals surface area contributed by atoms with Gasteiger partial charge in [0.15, 0.2) is 11.5 Å². The van der Waals surface area contributed by atoms with Crippen LogP contribution < -0.4 is 20.1 Å². The van der Waals surface area contributed by atoms with Crippen LogP contribution in [-0.4, -0.2) is 44.4 Å². The molecule has 0 saturated heterocycles. The van der Waals surface area contributed by atoms with Gasteiger partial charge in [0.05, 0.1) is 11.3 Å². The Morgan fingerprint density at radius 1 is 1.16 bits per heavy atom. The Labute approximate surface area is 146 Å². The van der Waals surface area contributed by atoms with Gasteiger partial charge in [-0.25, -0.2) is 0 Å². The molecule has 1 aromatic carbocycles. The van der Waals surface area contributed by atoms with Gasteiger partial charge in [-0.3, -0.25) is 9.78 Å². The van der Waals surface area contributed by atoms with Gasteiger partial charge in [-0.1, -0.05) is 0 Å². The van der Waals surface area contributed by atoms with Crippen LogP contribution in [0, 0.1) is 0 Å². The highest BCUT2D eigenvalue weighted by atomic mass is 16.6. The van der Waals surface area contributed by atoms with E-state index in [2.05, 4.69) is 15.6 Å². The number of rotatable bonds is 7. The fourth-order valence-corrected chi connectivity index (χ4v) is 2.43. The molecule has 0 radical (unpaired) electrons. The fraction of sp³-hybridized carbons (Fsp3) is 0.333. The molecular weight excluding hydrogens is 322 g/mol. The highest BCUT2D eigenvalue weighted by Gasteiger charge is 2.13. The summed E-state index contributed by atoms with van der Waals surface area (Å²) in [5.41, 5.74) is 1.92. The monoisotopic (exact) mass is 343 g/mol. The van der Waals surface area contributed by atoms with Gasteiger partial charge < -0.3 is 24.8 Å². The first-order valence-corrected chi connectivity index (χ1v) is 8.15. The quantitative estimate of drug-likeness (QED) is 0.752. The summed E-state index contributed by atoms with van der Waals surface area (Å²) in [4.78, 5) is 16.6. The van der Waals surface area contributed by atoms with E-state index in [-0.39, 0.29) is 5.91 Å². The molecule has 1 aromatic heterocycles. The van der Waals surface area contributed by atoms with Crippen molar-refractivity contribution >= 4 is 17.3 Å². The average Bonchev–Trinajstić information content (AvgIpc) is 2.65. The number of fused-ring (bicyclic) bond motifs is 1. The number of carbonyl (C=O) groups excluding carboxylic acids is 1. The van der Waals surface area contributed by atoms with E-state index in [1.54, 1.807) is 37.6 Å².